The highest BCUT2D eigenvalue weighted by molar-refractivity contribution is 6.99. The minimum Gasteiger partial charge on any atom is -0.458 e. The highest BCUT2D eigenvalue weighted by Crippen LogP contribution is 2.47. The summed E-state index contributed by atoms with van der Waals surface area (Å²) in [5, 5.41) is 0. The second-order valence-corrected chi connectivity index (χ2v) is 32.5. The average Bonchev–Trinajstić information content (AvgIpc) is 0.660. The molecule has 15 aromatic rings. The lowest BCUT2D eigenvalue weighted by Crippen LogP contribution is -2.57. The Bertz CT molecular complexity index is 8190. The van der Waals surface area contributed by atoms with Crippen molar-refractivity contribution in [3.63, 3.8) is 0 Å². The van der Waals surface area contributed by atoms with Crippen LogP contribution in [0.3, 0.4) is 0 Å². The predicted molar refractivity (Wildman–Crippen MR) is 491 cm³/mol. The van der Waals surface area contributed by atoms with Crippen molar-refractivity contribution in [3.05, 3.63) is 361 Å². The van der Waals surface area contributed by atoms with Gasteiger partial charge in [0, 0.05) is 86.2 Å². The molecule has 0 aromatic heterocycles. The van der Waals surface area contributed by atoms with Crippen molar-refractivity contribution in [2.45, 2.75) is 105 Å². The monoisotopic (exact) mass is 1580 g/mol. The Kier molecular flexibility index (Phi) is 10.6. The maximum atomic E-state index is 9.67. The van der Waals surface area contributed by atoms with Crippen LogP contribution in [0.4, 0.5) is 51.2 Å². The summed E-state index contributed by atoms with van der Waals surface area (Å²) in [5.74, 6) is -0.765. The van der Waals surface area contributed by atoms with Crippen molar-refractivity contribution < 1.29 is 83.3 Å². The third-order valence-corrected chi connectivity index (χ3v) is 20.4. The first-order valence-electron chi connectivity index (χ1n) is 57.8. The average molecular weight is 1580 g/mol. The lowest BCUT2D eigenvalue weighted by molar-refractivity contribution is 0.463. The van der Waals surface area contributed by atoms with Crippen LogP contribution < -0.4 is 92.3 Å². The number of nitrogens with zero attached hydrogens (tertiary/aromatic N) is 3. The summed E-state index contributed by atoms with van der Waals surface area (Å²) in [7, 11) is 0. The normalized spacial score (nSPS) is 17.8. The first-order chi connectivity index (χ1) is 73.5. The molecule has 0 unspecified atom stereocenters. The van der Waals surface area contributed by atoms with E-state index in [1.54, 1.807) is 41.5 Å². The molecule has 6 heterocycles. The van der Waals surface area contributed by atoms with E-state index in [1.807, 2.05) is 41.5 Å². The number of rotatable bonds is 9. The Morgan fingerprint density at radius 1 is 0.203 bits per heavy atom. The molecule has 12 heteroatoms. The molecule has 0 saturated heterocycles. The maximum absolute atomic E-state index is 9.67. The number of fused-ring (bicyclic) bond motifs is 12. The van der Waals surface area contributed by atoms with Gasteiger partial charge in [0.1, 0.15) is 69.0 Å². The molecule has 9 nitrogen and oxygen atoms in total. The topological polar surface area (TPSA) is 65.1 Å². The molecule has 0 fully saturated rings. The summed E-state index contributed by atoms with van der Waals surface area (Å²) >= 11 is 0. The van der Waals surface area contributed by atoms with E-state index < -0.39 is 132 Å². The van der Waals surface area contributed by atoms with E-state index in [2.05, 4.69) is 0 Å². The van der Waals surface area contributed by atoms with Crippen LogP contribution >= 0.6 is 0 Å². The van der Waals surface area contributed by atoms with Crippen LogP contribution in [0.25, 0.3) is 0 Å². The SMILES string of the molecule is [2H]c1c([2H])c(C(C)(C)C)c([2H])c2c1Oc1cc(N(c3c([2H])c([2H])c(C(C)(C)C)c([2H])c3[2H])c3c([2H])c([2H])c(C(C)(C)C)c([2H])c3[2H])cc3c1B2c1c([2H])c(C(C)(C)C)c([2H])c([2H])c1O3.[2H]c1cc(N(c2cc([2H])c([2H])c([2H])c2)c2cc([2H])c3c(c2)Oc2c([2H])c([2H])c([2H])c4c2B3c2c([2H])cc(N(c3cc([2H])c([2H])c([2H])c3)c3cc([2H])c([2H])c([2H])c3)cc2O4)cc([2H])c1[2H].[2H]c1cc2c3c(c1)Oc1c([2H])c([2H])c([2H])c([2H])c1B3c1c([2H])c([2H])c([2H])c([2H])c1O2. The summed E-state index contributed by atoms with van der Waals surface area (Å²) in [5.41, 5.74) is -0.971. The third-order valence-electron chi connectivity index (χ3n) is 20.4. The molecule has 0 bridgehead atoms. The van der Waals surface area contributed by atoms with Gasteiger partial charge in [0.25, 0.3) is 20.1 Å². The summed E-state index contributed by atoms with van der Waals surface area (Å²) < 4.78 is 387. The second kappa shape index (κ2) is 29.5. The minimum absolute atomic E-state index is 0.0222. The molecule has 118 heavy (non-hydrogen) atoms. The fraction of sp³-hybridized carbons (Fsp3) is 0.151. The van der Waals surface area contributed by atoms with E-state index in [4.69, 9.17) is 64.1 Å². The Labute approximate surface area is 751 Å². The quantitative estimate of drug-likeness (QED) is 0.132. The Morgan fingerprint density at radius 3 is 0.873 bits per heavy atom. The highest BCUT2D eigenvalue weighted by atomic mass is 16.5. The van der Waals surface area contributed by atoms with Gasteiger partial charge < -0.3 is 43.1 Å². The Morgan fingerprint density at radius 2 is 0.492 bits per heavy atom. The molecule has 0 atom stereocenters. The molecule has 0 spiro atoms. The molecule has 15 aromatic carbocycles. The summed E-state index contributed by atoms with van der Waals surface area (Å²) in [6.45, 7) is 18.3. The first kappa shape index (κ1) is 42.5. The van der Waals surface area contributed by atoms with Crippen LogP contribution in [0.2, 0.25) is 0 Å². The second-order valence-electron chi connectivity index (χ2n) is 32.5. The van der Waals surface area contributed by atoms with Crippen molar-refractivity contribution in [2.75, 3.05) is 14.7 Å². The van der Waals surface area contributed by atoms with E-state index in [0.29, 0.717) is 5.46 Å². The van der Waals surface area contributed by atoms with Gasteiger partial charge >= 0.3 is 0 Å². The molecule has 21 rings (SSSR count). The standard InChI is InChI=1S/C46H52BNO2.C42H29BN2O2.C18H11BO2/c1-43(2,3)29-13-19-33(20-14-29)48(34-21-15-30(16-22-34)44(4,5)6)35-27-40-42-41(28-35)50-39-24-18-32(46(10,11)12)26-37(39)47(42)36-25-31(45(7,8)9)17-23-38(36)49-40;1-5-14-30(15-6-1)44(31-16-7-2-8-17-31)34-24-26-36-40(28-34)46-38-22-13-23-39-42(38)43(36)37-27-25-35(29-41(37)47-39)45(32-18-9-3-10-19-32)33-20-11-4-12-21-33;1-3-8-14-12(6-1)19-13-7-2-4-9-15(13)21-17-11-5-10-16(20-14)18(17)19/h13-28H,1-12H3;1-29H;1-11H/i13D,14D,15D,16D,17D,18D,19D,20D,21D,22D,23D,24D,25D,26D;1D,2D,3D,4D,5D,6D,7D,8D,9D,10D,11D,12D,13D,22D,23D,26D,27D;1D,2D,3D,4D,5D,6D,7D,8D,9D. The van der Waals surface area contributed by atoms with Gasteiger partial charge in [-0.3, -0.25) is 0 Å². The zero-order valence-electron chi connectivity index (χ0n) is 106. The van der Waals surface area contributed by atoms with Crippen LogP contribution in [0.5, 0.6) is 69.0 Å². The Hall–Kier alpha value is -13.3. The van der Waals surface area contributed by atoms with Crippen LogP contribution in [0.15, 0.2) is 339 Å². The molecular weight excluding hydrogens is 1440 g/mol. The van der Waals surface area contributed by atoms with Crippen LogP contribution in [0.1, 0.15) is 160 Å². The summed E-state index contributed by atoms with van der Waals surface area (Å²) in [6, 6.07) is 7.52. The fourth-order valence-electron chi connectivity index (χ4n) is 14.6. The number of hydrogen-bond donors (Lipinski definition) is 0. The molecule has 0 aliphatic carbocycles. The maximum Gasteiger partial charge on any atom is 0.260 e. The van der Waals surface area contributed by atoms with Gasteiger partial charge in [0.05, 0.1) is 60.5 Å². The van der Waals surface area contributed by atoms with E-state index in [-0.39, 0.29) is 338 Å². The van der Waals surface area contributed by atoms with Gasteiger partial charge in [0.15, 0.2) is 0 Å². The smallest absolute Gasteiger partial charge is 0.260 e. The molecule has 6 aliphatic rings. The number of benzene rings is 15. The van der Waals surface area contributed by atoms with Gasteiger partial charge in [0.2, 0.25) is 0 Å². The zero-order valence-corrected chi connectivity index (χ0v) is 65.8. The van der Waals surface area contributed by atoms with Crippen molar-refractivity contribution in [3.8, 4) is 69.0 Å². The molecule has 6 aliphatic heterocycles. The van der Waals surface area contributed by atoms with Gasteiger partial charge in [-0.2, -0.15) is 0 Å². The minimum atomic E-state index is -1.12. The van der Waals surface area contributed by atoms with E-state index >= 15 is 0 Å². The fourth-order valence-corrected chi connectivity index (χ4v) is 14.6. The molecule has 576 valence electrons. The van der Waals surface area contributed by atoms with E-state index in [0.717, 1.165) is 4.90 Å². The molecule has 0 radical (unpaired) electrons. The lowest BCUT2D eigenvalue weighted by atomic mass is 9.34. The molecular formula is C106H92B3N3O6. The summed E-state index contributed by atoms with van der Waals surface area (Å²) in [4.78, 5) is 3.99. The van der Waals surface area contributed by atoms with Gasteiger partial charge in [-0.05, 0) is 210 Å². The first-order valence-corrected chi connectivity index (χ1v) is 37.8. The zero-order chi connectivity index (χ0) is 116. The van der Waals surface area contributed by atoms with Crippen LogP contribution in [-0.2, 0) is 21.7 Å². The van der Waals surface area contributed by atoms with Gasteiger partial charge in [-0.1, -0.05) is 264 Å². The largest absolute Gasteiger partial charge is 0.458 e. The van der Waals surface area contributed by atoms with Gasteiger partial charge in [-0.15, -0.1) is 0 Å². The van der Waals surface area contributed by atoms with E-state index in [1.165, 1.54) is 107 Å². The van der Waals surface area contributed by atoms with Crippen molar-refractivity contribution >= 4 is 120 Å². The number of ether oxygens (including phenoxy) is 6. The number of hydrogen-bond acceptors (Lipinski definition) is 9. The van der Waals surface area contributed by atoms with Crippen molar-refractivity contribution in [1.29, 1.82) is 0 Å². The molecule has 0 saturated carbocycles. The van der Waals surface area contributed by atoms with Gasteiger partial charge in [-0.25, -0.2) is 0 Å². The van der Waals surface area contributed by atoms with E-state index in [9.17, 15) is 19.2 Å². The number of para-hydroxylation sites is 6. The third kappa shape index (κ3) is 13.9. The highest BCUT2D eigenvalue weighted by Gasteiger charge is 2.45. The number of anilines is 9. The Balaban J connectivity index is 0.000000156. The van der Waals surface area contributed by atoms with Crippen molar-refractivity contribution in [1.82, 2.24) is 0 Å². The summed E-state index contributed by atoms with van der Waals surface area (Å²) in [6.07, 6.45) is 0. The predicted octanol–water partition coefficient (Wildman–Crippen LogP) is 22.8. The molecule has 0 amide bonds. The lowest BCUT2D eigenvalue weighted by Gasteiger charge is -2.36. The van der Waals surface area contributed by atoms with Crippen LogP contribution in [-0.4, -0.2) is 20.1 Å². The van der Waals surface area contributed by atoms with Crippen molar-refractivity contribution in [2.24, 2.45) is 0 Å². The molecule has 0 N–H and O–H groups in total. The van der Waals surface area contributed by atoms with Crippen LogP contribution in [0, 0.1) is 0 Å².